The zero-order valence-electron chi connectivity index (χ0n) is 21.9. The van der Waals surface area contributed by atoms with E-state index in [9.17, 15) is 9.18 Å². The maximum absolute atomic E-state index is 14.0. The lowest BCUT2D eigenvalue weighted by Gasteiger charge is -2.07. The monoisotopic (exact) mass is 454 g/mol. The van der Waals surface area contributed by atoms with Crippen LogP contribution >= 0.6 is 0 Å². The number of esters is 1. The van der Waals surface area contributed by atoms with E-state index in [1.165, 1.54) is 109 Å². The Morgan fingerprint density at radius 2 is 1.03 bits per heavy atom. The van der Waals surface area contributed by atoms with E-state index in [0.717, 1.165) is 25.7 Å². The first kappa shape index (κ1) is 31.1. The van der Waals surface area contributed by atoms with Crippen LogP contribution in [0.3, 0.4) is 0 Å². The molecule has 0 bridgehead atoms. The Hall–Kier alpha value is -0.860. The zero-order valence-corrected chi connectivity index (χ0v) is 21.9. The van der Waals surface area contributed by atoms with Gasteiger partial charge < -0.3 is 4.74 Å². The van der Waals surface area contributed by atoms with E-state index in [1.807, 2.05) is 0 Å². The molecule has 2 nitrogen and oxygen atoms in total. The molecule has 3 heteroatoms. The van der Waals surface area contributed by atoms with E-state index in [4.69, 9.17) is 4.74 Å². The number of unbranched alkanes of at least 4 members (excludes halogenated alkanes) is 18. The molecular formula is C29H55FO2. The summed E-state index contributed by atoms with van der Waals surface area (Å²) in [6.45, 7) is 6.59. The Morgan fingerprint density at radius 3 is 1.47 bits per heavy atom. The molecule has 0 aromatic rings. The van der Waals surface area contributed by atoms with Gasteiger partial charge in [0.1, 0.15) is 6.17 Å². The summed E-state index contributed by atoms with van der Waals surface area (Å²) in [5, 5.41) is 0. The van der Waals surface area contributed by atoms with Crippen LogP contribution in [0.4, 0.5) is 4.39 Å². The van der Waals surface area contributed by atoms with E-state index in [0.29, 0.717) is 18.6 Å². The average Bonchev–Trinajstić information content (AvgIpc) is 2.78. The van der Waals surface area contributed by atoms with Crippen molar-refractivity contribution in [3.63, 3.8) is 0 Å². The van der Waals surface area contributed by atoms with Gasteiger partial charge in [0.15, 0.2) is 0 Å². The standard InChI is InChI=1S/C29H55FO2/c1-4-6-8-10-12-13-14-15-16-17-18-19-21-23-25-32-29(31)27(3)26-28(30)24-22-20-11-9-7-5-2/h26,28H,4-25H2,1-3H3. The van der Waals surface area contributed by atoms with Gasteiger partial charge in [0.05, 0.1) is 6.61 Å². The van der Waals surface area contributed by atoms with Crippen molar-refractivity contribution in [1.82, 2.24) is 0 Å². The summed E-state index contributed by atoms with van der Waals surface area (Å²) in [4.78, 5) is 12.0. The average molecular weight is 455 g/mol. The minimum atomic E-state index is -1.03. The van der Waals surface area contributed by atoms with E-state index in [2.05, 4.69) is 13.8 Å². The van der Waals surface area contributed by atoms with Gasteiger partial charge >= 0.3 is 5.97 Å². The van der Waals surface area contributed by atoms with Crippen LogP contribution in [0.2, 0.25) is 0 Å². The number of allylic oxidation sites excluding steroid dienone is 1. The maximum Gasteiger partial charge on any atom is 0.333 e. The largest absolute Gasteiger partial charge is 0.462 e. The Bertz CT molecular complexity index is 433. The minimum absolute atomic E-state index is 0.356. The van der Waals surface area contributed by atoms with Gasteiger partial charge in [0.2, 0.25) is 0 Å². The SMILES string of the molecule is CCCCCCCCCCCCCCCCOC(=O)C(C)=CC(F)CCCCCCCC. The van der Waals surface area contributed by atoms with Crippen LogP contribution in [-0.4, -0.2) is 18.7 Å². The van der Waals surface area contributed by atoms with Crippen LogP contribution in [0.5, 0.6) is 0 Å². The van der Waals surface area contributed by atoms with Gasteiger partial charge in [-0.1, -0.05) is 136 Å². The van der Waals surface area contributed by atoms with E-state index in [-0.39, 0.29) is 5.97 Å². The molecule has 32 heavy (non-hydrogen) atoms. The molecule has 1 atom stereocenters. The summed E-state index contributed by atoms with van der Waals surface area (Å²) in [5.41, 5.74) is 0.411. The molecule has 0 amide bonds. The van der Waals surface area contributed by atoms with Crippen molar-refractivity contribution in [2.75, 3.05) is 6.61 Å². The van der Waals surface area contributed by atoms with Gasteiger partial charge in [-0.25, -0.2) is 9.18 Å². The smallest absolute Gasteiger partial charge is 0.333 e. The van der Waals surface area contributed by atoms with Gasteiger partial charge in [-0.2, -0.15) is 0 Å². The second-order valence-electron chi connectivity index (χ2n) is 9.65. The predicted octanol–water partition coefficient (Wildman–Crippen LogP) is 10.0. The first-order valence-electron chi connectivity index (χ1n) is 14.1. The van der Waals surface area contributed by atoms with Crippen molar-refractivity contribution in [2.24, 2.45) is 0 Å². The third kappa shape index (κ3) is 22.3. The van der Waals surface area contributed by atoms with E-state index in [1.54, 1.807) is 6.92 Å². The van der Waals surface area contributed by atoms with Crippen molar-refractivity contribution >= 4 is 5.97 Å². The Balaban J connectivity index is 3.49. The number of alkyl halides is 1. The maximum atomic E-state index is 14.0. The van der Waals surface area contributed by atoms with Gasteiger partial charge in [-0.05, 0) is 25.8 Å². The molecule has 0 heterocycles. The van der Waals surface area contributed by atoms with Crippen molar-refractivity contribution in [1.29, 1.82) is 0 Å². The predicted molar refractivity (Wildman–Crippen MR) is 138 cm³/mol. The van der Waals surface area contributed by atoms with Crippen LogP contribution in [0.25, 0.3) is 0 Å². The Kier molecular flexibility index (Phi) is 24.1. The molecule has 0 aromatic carbocycles. The van der Waals surface area contributed by atoms with E-state index < -0.39 is 6.17 Å². The van der Waals surface area contributed by atoms with Crippen molar-refractivity contribution in [3.05, 3.63) is 11.6 Å². The fourth-order valence-corrected chi connectivity index (χ4v) is 4.12. The molecule has 0 aliphatic heterocycles. The fourth-order valence-electron chi connectivity index (χ4n) is 4.12. The van der Waals surface area contributed by atoms with Crippen molar-refractivity contribution < 1.29 is 13.9 Å². The second-order valence-corrected chi connectivity index (χ2v) is 9.65. The summed E-state index contributed by atoms with van der Waals surface area (Å²) in [7, 11) is 0. The molecule has 1 unspecified atom stereocenters. The third-order valence-corrected chi connectivity index (χ3v) is 6.32. The number of halogens is 1. The lowest BCUT2D eigenvalue weighted by molar-refractivity contribution is -0.139. The second kappa shape index (κ2) is 24.8. The summed E-state index contributed by atoms with van der Waals surface area (Å²) >= 11 is 0. The van der Waals surface area contributed by atoms with Gasteiger partial charge in [0, 0.05) is 5.57 Å². The number of rotatable bonds is 24. The molecule has 0 N–H and O–H groups in total. The molecular weight excluding hydrogens is 399 g/mol. The normalized spacial score (nSPS) is 12.8. The third-order valence-electron chi connectivity index (χ3n) is 6.32. The highest BCUT2D eigenvalue weighted by Crippen LogP contribution is 2.14. The summed E-state index contributed by atoms with van der Waals surface area (Å²) in [6, 6.07) is 0. The highest BCUT2D eigenvalue weighted by Gasteiger charge is 2.10. The highest BCUT2D eigenvalue weighted by molar-refractivity contribution is 5.87. The number of carbonyl (C=O) groups excluding carboxylic acids is 1. The molecule has 190 valence electrons. The van der Waals surface area contributed by atoms with Crippen molar-refractivity contribution in [2.45, 2.75) is 162 Å². The number of hydrogen-bond donors (Lipinski definition) is 0. The van der Waals surface area contributed by atoms with E-state index >= 15 is 0 Å². The minimum Gasteiger partial charge on any atom is -0.462 e. The summed E-state index contributed by atoms with van der Waals surface area (Å²) in [5.74, 6) is -0.356. The zero-order chi connectivity index (χ0) is 23.7. The van der Waals surface area contributed by atoms with Gasteiger partial charge in [-0.15, -0.1) is 0 Å². The Labute approximate surface area is 200 Å². The fraction of sp³-hybridized carbons (Fsp3) is 0.897. The van der Waals surface area contributed by atoms with Crippen LogP contribution in [0, 0.1) is 0 Å². The highest BCUT2D eigenvalue weighted by atomic mass is 19.1. The van der Waals surface area contributed by atoms with Crippen molar-refractivity contribution in [3.8, 4) is 0 Å². The van der Waals surface area contributed by atoms with Crippen LogP contribution in [0.15, 0.2) is 11.6 Å². The quantitative estimate of drug-likeness (QED) is 0.0823. The number of carbonyl (C=O) groups is 1. The van der Waals surface area contributed by atoms with Crippen LogP contribution < -0.4 is 0 Å². The molecule has 0 spiro atoms. The molecule has 0 fully saturated rings. The molecule has 0 saturated carbocycles. The molecule has 0 saturated heterocycles. The number of ether oxygens (including phenoxy) is 1. The summed E-state index contributed by atoms with van der Waals surface area (Å²) < 4.78 is 19.3. The molecule has 0 aliphatic rings. The topological polar surface area (TPSA) is 26.3 Å². The lowest BCUT2D eigenvalue weighted by Crippen LogP contribution is -2.09. The molecule has 0 aliphatic carbocycles. The molecule has 0 rings (SSSR count). The number of hydrogen-bond acceptors (Lipinski definition) is 2. The lowest BCUT2D eigenvalue weighted by atomic mass is 10.0. The first-order valence-corrected chi connectivity index (χ1v) is 14.1. The molecule has 0 radical (unpaired) electrons. The van der Waals surface area contributed by atoms with Crippen LogP contribution in [-0.2, 0) is 9.53 Å². The van der Waals surface area contributed by atoms with Crippen LogP contribution in [0.1, 0.15) is 156 Å². The Morgan fingerprint density at radius 1 is 0.656 bits per heavy atom. The first-order chi connectivity index (χ1) is 15.6. The van der Waals surface area contributed by atoms with Gasteiger partial charge in [-0.3, -0.25) is 0 Å². The molecule has 0 aromatic heterocycles. The summed E-state index contributed by atoms with van der Waals surface area (Å²) in [6.07, 6.45) is 26.2. The van der Waals surface area contributed by atoms with Gasteiger partial charge in [0.25, 0.3) is 0 Å².